The summed E-state index contributed by atoms with van der Waals surface area (Å²) in [6, 6.07) is 4.06. The van der Waals surface area contributed by atoms with Crippen LogP contribution in [0.3, 0.4) is 0 Å². The summed E-state index contributed by atoms with van der Waals surface area (Å²) in [5.41, 5.74) is 1.11. The minimum Gasteiger partial charge on any atom is -0.382 e. The number of anilines is 2. The molecule has 1 N–H and O–H groups in total. The molecule has 94 valence electrons. The van der Waals surface area contributed by atoms with Crippen molar-refractivity contribution in [3.8, 4) is 0 Å². The van der Waals surface area contributed by atoms with Gasteiger partial charge in [-0.05, 0) is 30.9 Å². The molecule has 0 atom stereocenters. The fourth-order valence-electron chi connectivity index (χ4n) is 2.10. The van der Waals surface area contributed by atoms with Crippen LogP contribution in [0.1, 0.15) is 12.8 Å². The summed E-state index contributed by atoms with van der Waals surface area (Å²) in [5.74, 6) is 1.72. The van der Waals surface area contributed by atoms with Gasteiger partial charge in [0.1, 0.15) is 0 Å². The van der Waals surface area contributed by atoms with E-state index in [2.05, 4.69) is 16.4 Å². The number of pyridine rings is 1. The molecular weight excluding hydrogens is 214 g/mol. The van der Waals surface area contributed by atoms with Crippen molar-refractivity contribution in [1.82, 2.24) is 4.98 Å². The first-order valence-corrected chi connectivity index (χ1v) is 6.21. The van der Waals surface area contributed by atoms with Crippen molar-refractivity contribution in [3.63, 3.8) is 0 Å². The summed E-state index contributed by atoms with van der Waals surface area (Å²) in [7, 11) is 4.03. The predicted molar refractivity (Wildman–Crippen MR) is 70.6 cm³/mol. The molecule has 0 amide bonds. The topological polar surface area (TPSA) is 37.4 Å². The average Bonchev–Trinajstić information content (AvgIpc) is 2.38. The molecular formula is C13H21N3O. The Morgan fingerprint density at radius 2 is 2.18 bits per heavy atom. The Labute approximate surface area is 103 Å². The summed E-state index contributed by atoms with van der Waals surface area (Å²) >= 11 is 0. The van der Waals surface area contributed by atoms with Crippen molar-refractivity contribution in [2.24, 2.45) is 5.92 Å². The third kappa shape index (κ3) is 3.33. The zero-order valence-electron chi connectivity index (χ0n) is 10.6. The van der Waals surface area contributed by atoms with Gasteiger partial charge in [-0.1, -0.05) is 0 Å². The lowest BCUT2D eigenvalue weighted by Crippen LogP contribution is -2.23. The van der Waals surface area contributed by atoms with E-state index >= 15 is 0 Å². The molecule has 17 heavy (non-hydrogen) atoms. The molecule has 0 radical (unpaired) electrons. The third-order valence-electron chi connectivity index (χ3n) is 3.13. The summed E-state index contributed by atoms with van der Waals surface area (Å²) < 4.78 is 5.37. The van der Waals surface area contributed by atoms with Crippen molar-refractivity contribution in [2.45, 2.75) is 12.8 Å². The highest BCUT2D eigenvalue weighted by molar-refractivity contribution is 5.64. The van der Waals surface area contributed by atoms with Crippen LogP contribution in [0.25, 0.3) is 0 Å². The fraction of sp³-hybridized carbons (Fsp3) is 0.615. The number of ether oxygens (including phenoxy) is 1. The second-order valence-corrected chi connectivity index (χ2v) is 4.71. The van der Waals surface area contributed by atoms with E-state index < -0.39 is 0 Å². The Morgan fingerprint density at radius 3 is 2.88 bits per heavy atom. The van der Waals surface area contributed by atoms with Gasteiger partial charge < -0.3 is 15.0 Å². The van der Waals surface area contributed by atoms with Gasteiger partial charge in [0.05, 0.1) is 5.69 Å². The normalized spacial score (nSPS) is 16.8. The van der Waals surface area contributed by atoms with Crippen LogP contribution in [-0.2, 0) is 4.74 Å². The molecule has 0 saturated carbocycles. The van der Waals surface area contributed by atoms with Gasteiger partial charge in [0, 0.05) is 40.1 Å². The molecule has 0 bridgehead atoms. The SMILES string of the molecule is CN(C)c1ncccc1NCC1CCOCC1. The highest BCUT2D eigenvalue weighted by Gasteiger charge is 2.14. The quantitative estimate of drug-likeness (QED) is 0.866. The lowest BCUT2D eigenvalue weighted by Gasteiger charge is -2.24. The van der Waals surface area contributed by atoms with Crippen molar-refractivity contribution in [2.75, 3.05) is 44.1 Å². The smallest absolute Gasteiger partial charge is 0.151 e. The standard InChI is InChI=1S/C13H21N3O/c1-16(2)13-12(4-3-7-14-13)15-10-11-5-8-17-9-6-11/h3-4,7,11,15H,5-6,8-10H2,1-2H3. The maximum Gasteiger partial charge on any atom is 0.151 e. The van der Waals surface area contributed by atoms with Crippen LogP contribution in [0.4, 0.5) is 11.5 Å². The molecule has 1 aliphatic heterocycles. The van der Waals surface area contributed by atoms with E-state index in [1.807, 2.05) is 31.3 Å². The van der Waals surface area contributed by atoms with Crippen LogP contribution in [-0.4, -0.2) is 38.8 Å². The monoisotopic (exact) mass is 235 g/mol. The molecule has 1 aliphatic rings. The number of hydrogen-bond acceptors (Lipinski definition) is 4. The van der Waals surface area contributed by atoms with Gasteiger partial charge in [-0.25, -0.2) is 4.98 Å². The van der Waals surface area contributed by atoms with Gasteiger partial charge in [-0.15, -0.1) is 0 Å². The molecule has 0 unspecified atom stereocenters. The number of hydrogen-bond donors (Lipinski definition) is 1. The molecule has 1 fully saturated rings. The number of rotatable bonds is 4. The maximum atomic E-state index is 5.37. The first kappa shape index (κ1) is 12.2. The first-order chi connectivity index (χ1) is 8.27. The van der Waals surface area contributed by atoms with Gasteiger partial charge in [-0.3, -0.25) is 0 Å². The molecule has 4 nitrogen and oxygen atoms in total. The molecule has 2 rings (SSSR count). The minimum absolute atomic E-state index is 0.721. The van der Waals surface area contributed by atoms with Crippen LogP contribution in [0.5, 0.6) is 0 Å². The van der Waals surface area contributed by atoms with E-state index in [-0.39, 0.29) is 0 Å². The van der Waals surface area contributed by atoms with E-state index in [0.29, 0.717) is 0 Å². The minimum atomic E-state index is 0.721. The second-order valence-electron chi connectivity index (χ2n) is 4.71. The van der Waals surface area contributed by atoms with Crippen molar-refractivity contribution in [3.05, 3.63) is 18.3 Å². The largest absolute Gasteiger partial charge is 0.382 e. The molecule has 1 saturated heterocycles. The zero-order chi connectivity index (χ0) is 12.1. The van der Waals surface area contributed by atoms with E-state index in [9.17, 15) is 0 Å². The van der Waals surface area contributed by atoms with Crippen molar-refractivity contribution < 1.29 is 4.74 Å². The highest BCUT2D eigenvalue weighted by atomic mass is 16.5. The summed E-state index contributed by atoms with van der Waals surface area (Å²) in [4.78, 5) is 6.41. The lowest BCUT2D eigenvalue weighted by atomic mass is 10.0. The summed E-state index contributed by atoms with van der Waals surface area (Å²) in [6.07, 6.45) is 4.14. The van der Waals surface area contributed by atoms with Crippen LogP contribution >= 0.6 is 0 Å². The Kier molecular flexibility index (Phi) is 4.20. The summed E-state index contributed by atoms with van der Waals surface area (Å²) in [6.45, 7) is 2.82. The molecule has 1 aromatic heterocycles. The molecule has 0 spiro atoms. The Hall–Kier alpha value is -1.29. The fourth-order valence-corrected chi connectivity index (χ4v) is 2.10. The summed E-state index contributed by atoms with van der Waals surface area (Å²) in [5, 5.41) is 3.50. The Bertz CT molecular complexity index is 348. The molecule has 0 aromatic carbocycles. The average molecular weight is 235 g/mol. The second kappa shape index (κ2) is 5.87. The Morgan fingerprint density at radius 1 is 1.41 bits per heavy atom. The van der Waals surface area contributed by atoms with Crippen LogP contribution in [0.15, 0.2) is 18.3 Å². The van der Waals surface area contributed by atoms with Crippen molar-refractivity contribution >= 4 is 11.5 Å². The Balaban J connectivity index is 1.93. The van der Waals surface area contributed by atoms with E-state index in [0.717, 1.165) is 50.0 Å². The van der Waals surface area contributed by atoms with Crippen LogP contribution in [0, 0.1) is 5.92 Å². The highest BCUT2D eigenvalue weighted by Crippen LogP contribution is 2.22. The van der Waals surface area contributed by atoms with Gasteiger partial charge in [0.25, 0.3) is 0 Å². The number of nitrogens with zero attached hydrogens (tertiary/aromatic N) is 2. The number of aromatic nitrogens is 1. The van der Waals surface area contributed by atoms with Gasteiger partial charge in [0.2, 0.25) is 0 Å². The van der Waals surface area contributed by atoms with E-state index in [1.54, 1.807) is 0 Å². The van der Waals surface area contributed by atoms with Crippen molar-refractivity contribution in [1.29, 1.82) is 0 Å². The number of nitrogens with one attached hydrogen (secondary N) is 1. The zero-order valence-corrected chi connectivity index (χ0v) is 10.6. The molecule has 0 aliphatic carbocycles. The van der Waals surface area contributed by atoms with Gasteiger partial charge in [-0.2, -0.15) is 0 Å². The van der Waals surface area contributed by atoms with Crippen LogP contribution in [0.2, 0.25) is 0 Å². The van der Waals surface area contributed by atoms with Crippen LogP contribution < -0.4 is 10.2 Å². The molecule has 2 heterocycles. The van der Waals surface area contributed by atoms with E-state index in [4.69, 9.17) is 4.74 Å². The molecule has 4 heteroatoms. The van der Waals surface area contributed by atoms with Gasteiger partial charge in [0.15, 0.2) is 5.82 Å². The maximum absolute atomic E-state index is 5.37. The molecule has 1 aromatic rings. The first-order valence-electron chi connectivity index (χ1n) is 6.21. The lowest BCUT2D eigenvalue weighted by molar-refractivity contribution is 0.0699. The van der Waals surface area contributed by atoms with E-state index in [1.165, 1.54) is 0 Å². The van der Waals surface area contributed by atoms with Gasteiger partial charge >= 0.3 is 0 Å². The third-order valence-corrected chi connectivity index (χ3v) is 3.13. The predicted octanol–water partition coefficient (Wildman–Crippen LogP) is 1.99.